The summed E-state index contributed by atoms with van der Waals surface area (Å²) in [6, 6.07) is 6.99. The third-order valence-corrected chi connectivity index (χ3v) is 3.51. The number of ether oxygens (including phenoxy) is 1. The molecule has 5 heteroatoms. The van der Waals surface area contributed by atoms with Gasteiger partial charge in [-0.3, -0.25) is 0 Å². The first kappa shape index (κ1) is 15.9. The van der Waals surface area contributed by atoms with Crippen LogP contribution in [0, 0.1) is 12.7 Å². The van der Waals surface area contributed by atoms with E-state index in [-0.39, 0.29) is 5.82 Å². The van der Waals surface area contributed by atoms with Gasteiger partial charge in [-0.1, -0.05) is 13.8 Å². The standard InChI is InChI=1S/C16H18BrFN2O/c1-10(2)19-8-12-6-11(3)16(20-9-12)21-13-4-5-15(18)14(17)7-13/h4-7,9-10,19H,8H2,1-3H3. The monoisotopic (exact) mass is 352 g/mol. The van der Waals surface area contributed by atoms with Crippen LogP contribution in [0.4, 0.5) is 4.39 Å². The third kappa shape index (κ3) is 4.51. The highest BCUT2D eigenvalue weighted by molar-refractivity contribution is 9.10. The van der Waals surface area contributed by atoms with Crippen LogP contribution in [0.25, 0.3) is 0 Å². The fourth-order valence-corrected chi connectivity index (χ4v) is 2.16. The average Bonchev–Trinajstić information content (AvgIpc) is 2.43. The number of halogens is 2. The van der Waals surface area contributed by atoms with Gasteiger partial charge in [0.1, 0.15) is 11.6 Å². The molecule has 1 aromatic carbocycles. The molecular formula is C16H18BrFN2O. The van der Waals surface area contributed by atoms with Crippen LogP contribution in [0.1, 0.15) is 25.0 Å². The number of aromatic nitrogens is 1. The maximum atomic E-state index is 13.2. The van der Waals surface area contributed by atoms with Crippen LogP contribution in [0.5, 0.6) is 11.6 Å². The molecule has 0 bridgehead atoms. The van der Waals surface area contributed by atoms with Crippen LogP contribution in [-0.2, 0) is 6.54 Å². The minimum Gasteiger partial charge on any atom is -0.439 e. The highest BCUT2D eigenvalue weighted by Gasteiger charge is 2.07. The highest BCUT2D eigenvalue weighted by atomic mass is 79.9. The maximum Gasteiger partial charge on any atom is 0.222 e. The van der Waals surface area contributed by atoms with Crippen molar-refractivity contribution in [3.8, 4) is 11.6 Å². The predicted molar refractivity (Wildman–Crippen MR) is 85.1 cm³/mol. The van der Waals surface area contributed by atoms with Crippen LogP contribution in [-0.4, -0.2) is 11.0 Å². The largest absolute Gasteiger partial charge is 0.439 e. The van der Waals surface area contributed by atoms with Crippen molar-refractivity contribution in [3.05, 3.63) is 51.9 Å². The molecule has 0 aliphatic carbocycles. The molecule has 0 fully saturated rings. The van der Waals surface area contributed by atoms with E-state index in [1.807, 2.05) is 13.0 Å². The second-order valence-corrected chi connectivity index (χ2v) is 6.03. The molecule has 0 atom stereocenters. The summed E-state index contributed by atoms with van der Waals surface area (Å²) in [7, 11) is 0. The van der Waals surface area contributed by atoms with Gasteiger partial charge in [0, 0.05) is 24.3 Å². The summed E-state index contributed by atoms with van der Waals surface area (Å²) in [5, 5.41) is 3.34. The van der Waals surface area contributed by atoms with Crippen molar-refractivity contribution in [2.45, 2.75) is 33.4 Å². The van der Waals surface area contributed by atoms with Crippen LogP contribution in [0.15, 0.2) is 34.9 Å². The Balaban J connectivity index is 2.11. The first-order valence-corrected chi connectivity index (χ1v) is 7.57. The number of benzene rings is 1. The van der Waals surface area contributed by atoms with E-state index in [4.69, 9.17) is 4.74 Å². The fourth-order valence-electron chi connectivity index (χ4n) is 1.80. The van der Waals surface area contributed by atoms with E-state index in [1.165, 1.54) is 6.07 Å². The Bertz CT molecular complexity index is 632. The van der Waals surface area contributed by atoms with Gasteiger partial charge in [-0.05, 0) is 52.7 Å². The normalized spacial score (nSPS) is 11.0. The first-order chi connectivity index (χ1) is 9.95. The summed E-state index contributed by atoms with van der Waals surface area (Å²) >= 11 is 3.14. The summed E-state index contributed by atoms with van der Waals surface area (Å²) < 4.78 is 19.3. The Morgan fingerprint density at radius 1 is 1.33 bits per heavy atom. The Kier molecular flexibility index (Phi) is 5.31. The van der Waals surface area contributed by atoms with Crippen molar-refractivity contribution < 1.29 is 9.13 Å². The lowest BCUT2D eigenvalue weighted by Gasteiger charge is -2.11. The van der Waals surface area contributed by atoms with Crippen LogP contribution >= 0.6 is 15.9 Å². The van der Waals surface area contributed by atoms with Crippen LogP contribution in [0.3, 0.4) is 0 Å². The number of nitrogens with one attached hydrogen (secondary N) is 1. The zero-order valence-corrected chi connectivity index (χ0v) is 13.9. The molecule has 0 radical (unpaired) electrons. The van der Waals surface area contributed by atoms with Crippen molar-refractivity contribution >= 4 is 15.9 Å². The van der Waals surface area contributed by atoms with Gasteiger partial charge < -0.3 is 10.1 Å². The lowest BCUT2D eigenvalue weighted by molar-refractivity contribution is 0.456. The van der Waals surface area contributed by atoms with Gasteiger partial charge in [-0.25, -0.2) is 9.37 Å². The van der Waals surface area contributed by atoms with E-state index >= 15 is 0 Å². The predicted octanol–water partition coefficient (Wildman–Crippen LogP) is 4.58. The molecule has 0 unspecified atom stereocenters. The zero-order valence-electron chi connectivity index (χ0n) is 12.3. The number of pyridine rings is 1. The molecule has 112 valence electrons. The van der Waals surface area contributed by atoms with Crippen molar-refractivity contribution in [3.63, 3.8) is 0 Å². The van der Waals surface area contributed by atoms with Gasteiger partial charge in [-0.15, -0.1) is 0 Å². The summed E-state index contributed by atoms with van der Waals surface area (Å²) in [6.45, 7) is 6.92. The van der Waals surface area contributed by atoms with Crippen LogP contribution < -0.4 is 10.1 Å². The van der Waals surface area contributed by atoms with Crippen molar-refractivity contribution in [1.82, 2.24) is 10.3 Å². The van der Waals surface area contributed by atoms with Gasteiger partial charge in [0.15, 0.2) is 0 Å². The molecule has 0 aliphatic heterocycles. The molecule has 1 heterocycles. The lowest BCUT2D eigenvalue weighted by Crippen LogP contribution is -2.21. The maximum absolute atomic E-state index is 13.2. The number of nitrogens with zero attached hydrogens (tertiary/aromatic N) is 1. The van der Waals surface area contributed by atoms with Gasteiger partial charge in [0.05, 0.1) is 4.47 Å². The van der Waals surface area contributed by atoms with E-state index in [2.05, 4.69) is 40.1 Å². The van der Waals surface area contributed by atoms with Gasteiger partial charge in [-0.2, -0.15) is 0 Å². The summed E-state index contributed by atoms with van der Waals surface area (Å²) in [5.41, 5.74) is 2.05. The number of hydrogen-bond donors (Lipinski definition) is 1. The quantitative estimate of drug-likeness (QED) is 0.854. The zero-order chi connectivity index (χ0) is 15.4. The third-order valence-electron chi connectivity index (χ3n) is 2.91. The number of aryl methyl sites for hydroxylation is 1. The Morgan fingerprint density at radius 3 is 2.71 bits per heavy atom. The molecule has 21 heavy (non-hydrogen) atoms. The van der Waals surface area contributed by atoms with Crippen molar-refractivity contribution in [1.29, 1.82) is 0 Å². The molecule has 0 spiro atoms. The Morgan fingerprint density at radius 2 is 2.10 bits per heavy atom. The first-order valence-electron chi connectivity index (χ1n) is 6.77. The van der Waals surface area contributed by atoms with Gasteiger partial charge >= 0.3 is 0 Å². The molecule has 2 aromatic rings. The van der Waals surface area contributed by atoms with Gasteiger partial charge in [0.2, 0.25) is 5.88 Å². The molecule has 0 saturated carbocycles. The molecule has 1 N–H and O–H groups in total. The Labute approximate surface area is 132 Å². The molecule has 0 amide bonds. The summed E-state index contributed by atoms with van der Waals surface area (Å²) in [6.07, 6.45) is 1.79. The fraction of sp³-hybridized carbons (Fsp3) is 0.312. The van der Waals surface area contributed by atoms with Crippen LogP contribution in [0.2, 0.25) is 0 Å². The van der Waals surface area contributed by atoms with E-state index in [0.29, 0.717) is 22.1 Å². The molecular weight excluding hydrogens is 335 g/mol. The smallest absolute Gasteiger partial charge is 0.222 e. The lowest BCUT2D eigenvalue weighted by atomic mass is 10.2. The van der Waals surface area contributed by atoms with E-state index in [0.717, 1.165) is 17.7 Å². The molecule has 0 aliphatic rings. The second-order valence-electron chi connectivity index (χ2n) is 5.18. The molecule has 2 rings (SSSR count). The number of rotatable bonds is 5. The number of hydrogen-bond acceptors (Lipinski definition) is 3. The minimum atomic E-state index is -0.317. The topological polar surface area (TPSA) is 34.2 Å². The molecule has 0 saturated heterocycles. The van der Waals surface area contributed by atoms with E-state index in [9.17, 15) is 4.39 Å². The molecule has 3 nitrogen and oxygen atoms in total. The minimum absolute atomic E-state index is 0.317. The van der Waals surface area contributed by atoms with E-state index < -0.39 is 0 Å². The average molecular weight is 353 g/mol. The van der Waals surface area contributed by atoms with Crippen molar-refractivity contribution in [2.24, 2.45) is 0 Å². The SMILES string of the molecule is Cc1cc(CNC(C)C)cnc1Oc1ccc(F)c(Br)c1. The Hall–Kier alpha value is -1.46. The molecule has 1 aromatic heterocycles. The van der Waals surface area contributed by atoms with Crippen molar-refractivity contribution in [2.75, 3.05) is 0 Å². The van der Waals surface area contributed by atoms with E-state index in [1.54, 1.807) is 18.3 Å². The van der Waals surface area contributed by atoms with Gasteiger partial charge in [0.25, 0.3) is 0 Å². The summed E-state index contributed by atoms with van der Waals surface area (Å²) in [5.74, 6) is 0.760. The second kappa shape index (κ2) is 7.00. The summed E-state index contributed by atoms with van der Waals surface area (Å²) in [4.78, 5) is 4.33. The highest BCUT2D eigenvalue weighted by Crippen LogP contribution is 2.27.